The Bertz CT molecular complexity index is 752. The summed E-state index contributed by atoms with van der Waals surface area (Å²) in [5.41, 5.74) is 2.94. The van der Waals surface area contributed by atoms with Crippen LogP contribution in [0.15, 0.2) is 42.5 Å². The van der Waals surface area contributed by atoms with Crippen molar-refractivity contribution < 1.29 is 9.90 Å². The molecule has 0 atom stereocenters. The number of nitrogens with one attached hydrogen (secondary N) is 1. The molecule has 0 unspecified atom stereocenters. The first-order valence-corrected chi connectivity index (χ1v) is 9.94. The van der Waals surface area contributed by atoms with Gasteiger partial charge in [0.1, 0.15) is 0 Å². The molecule has 0 aliphatic carbocycles. The highest BCUT2D eigenvalue weighted by Gasteiger charge is 2.16. The summed E-state index contributed by atoms with van der Waals surface area (Å²) in [6, 6.07) is 13.5. The van der Waals surface area contributed by atoms with Crippen LogP contribution in [0.5, 0.6) is 0 Å². The molecule has 0 spiro atoms. The Hall–Kier alpha value is -1.59. The Labute approximate surface area is 170 Å². The maximum atomic E-state index is 12.2. The summed E-state index contributed by atoms with van der Waals surface area (Å²) in [6.45, 7) is 3.23. The molecule has 0 radical (unpaired) electrons. The number of halogens is 2. The van der Waals surface area contributed by atoms with Gasteiger partial charge in [-0.3, -0.25) is 9.69 Å². The lowest BCUT2D eigenvalue weighted by atomic mass is 10.1. The van der Waals surface area contributed by atoms with Gasteiger partial charge >= 0.3 is 0 Å². The maximum Gasteiger partial charge on any atom is 0.224 e. The van der Waals surface area contributed by atoms with Crippen LogP contribution in [0, 0.1) is 0 Å². The number of carbonyl (C=O) groups excluding carboxylic acids is 1. The van der Waals surface area contributed by atoms with Crippen LogP contribution in [0.25, 0.3) is 0 Å². The Kier molecular flexibility index (Phi) is 7.13. The largest absolute Gasteiger partial charge is 0.393 e. The van der Waals surface area contributed by atoms with Gasteiger partial charge in [0.2, 0.25) is 5.91 Å². The Morgan fingerprint density at radius 3 is 2.26 bits per heavy atom. The van der Waals surface area contributed by atoms with Crippen LogP contribution in [-0.2, 0) is 24.3 Å². The first kappa shape index (κ1) is 20.2. The van der Waals surface area contributed by atoms with E-state index in [1.165, 1.54) is 5.56 Å². The number of aliphatic hydroxyl groups is 1. The third-order valence-electron chi connectivity index (χ3n) is 4.87. The molecule has 1 fully saturated rings. The highest BCUT2D eigenvalue weighted by molar-refractivity contribution is 6.36. The van der Waals surface area contributed by atoms with E-state index in [9.17, 15) is 9.90 Å². The molecule has 1 aliphatic heterocycles. The highest BCUT2D eigenvalue weighted by Crippen LogP contribution is 2.24. The van der Waals surface area contributed by atoms with Crippen molar-refractivity contribution in [3.8, 4) is 0 Å². The molecule has 0 saturated carbocycles. The molecule has 1 aliphatic rings. The van der Waals surface area contributed by atoms with Gasteiger partial charge < -0.3 is 10.4 Å². The highest BCUT2D eigenvalue weighted by atomic mass is 35.5. The maximum absolute atomic E-state index is 12.2. The van der Waals surface area contributed by atoms with Crippen LogP contribution in [0.4, 0.5) is 0 Å². The van der Waals surface area contributed by atoms with Gasteiger partial charge in [0.15, 0.2) is 0 Å². The fraction of sp³-hybridized carbons (Fsp3) is 0.381. The minimum atomic E-state index is -0.145. The van der Waals surface area contributed by atoms with Crippen molar-refractivity contribution in [1.29, 1.82) is 0 Å². The van der Waals surface area contributed by atoms with Crippen molar-refractivity contribution >= 4 is 29.1 Å². The monoisotopic (exact) mass is 406 g/mol. The summed E-state index contributed by atoms with van der Waals surface area (Å²) in [4.78, 5) is 14.5. The number of likely N-dealkylation sites (tertiary alicyclic amines) is 1. The zero-order valence-electron chi connectivity index (χ0n) is 15.1. The molecule has 2 aromatic rings. The molecule has 0 aromatic heterocycles. The second kappa shape index (κ2) is 9.56. The summed E-state index contributed by atoms with van der Waals surface area (Å²) in [5, 5.41) is 13.5. The smallest absolute Gasteiger partial charge is 0.224 e. The quantitative estimate of drug-likeness (QED) is 0.766. The summed E-state index contributed by atoms with van der Waals surface area (Å²) < 4.78 is 0. The molecule has 1 amide bonds. The van der Waals surface area contributed by atoms with Crippen LogP contribution in [0.2, 0.25) is 10.0 Å². The molecule has 144 valence electrons. The zero-order valence-corrected chi connectivity index (χ0v) is 16.6. The van der Waals surface area contributed by atoms with Gasteiger partial charge in [0, 0.05) is 36.2 Å². The number of rotatable bonds is 6. The number of hydrogen-bond acceptors (Lipinski definition) is 3. The molecular formula is C21H24Cl2N2O2. The number of nitrogens with zero attached hydrogens (tertiary/aromatic N) is 1. The second-order valence-corrected chi connectivity index (χ2v) is 7.79. The van der Waals surface area contributed by atoms with Gasteiger partial charge in [0.05, 0.1) is 12.5 Å². The van der Waals surface area contributed by atoms with Crippen molar-refractivity contribution in [2.24, 2.45) is 0 Å². The molecule has 2 aromatic carbocycles. The Morgan fingerprint density at radius 1 is 1.04 bits per heavy atom. The third-order valence-corrected chi connectivity index (χ3v) is 5.58. The van der Waals surface area contributed by atoms with E-state index in [0.717, 1.165) is 38.0 Å². The van der Waals surface area contributed by atoms with E-state index in [1.54, 1.807) is 18.2 Å². The van der Waals surface area contributed by atoms with Crippen LogP contribution in [0.1, 0.15) is 29.5 Å². The van der Waals surface area contributed by atoms with Gasteiger partial charge in [-0.05, 0) is 41.7 Å². The number of amides is 1. The molecule has 0 bridgehead atoms. The Morgan fingerprint density at radius 2 is 1.63 bits per heavy atom. The molecule has 2 N–H and O–H groups in total. The number of aliphatic hydroxyl groups excluding tert-OH is 1. The predicted molar refractivity (Wildman–Crippen MR) is 109 cm³/mol. The number of benzene rings is 2. The van der Waals surface area contributed by atoms with E-state index in [2.05, 4.69) is 22.3 Å². The average molecular weight is 407 g/mol. The van der Waals surface area contributed by atoms with Crippen LogP contribution < -0.4 is 5.32 Å². The molecule has 1 saturated heterocycles. The van der Waals surface area contributed by atoms with E-state index < -0.39 is 0 Å². The lowest BCUT2D eigenvalue weighted by molar-refractivity contribution is -0.120. The van der Waals surface area contributed by atoms with Crippen LogP contribution >= 0.6 is 23.2 Å². The van der Waals surface area contributed by atoms with E-state index in [4.69, 9.17) is 23.2 Å². The van der Waals surface area contributed by atoms with Gasteiger partial charge in [-0.1, -0.05) is 53.5 Å². The van der Waals surface area contributed by atoms with Crippen LogP contribution in [-0.4, -0.2) is 35.1 Å². The zero-order chi connectivity index (χ0) is 19.2. The van der Waals surface area contributed by atoms with Crippen molar-refractivity contribution in [3.63, 3.8) is 0 Å². The van der Waals surface area contributed by atoms with E-state index in [0.29, 0.717) is 22.2 Å². The minimum Gasteiger partial charge on any atom is -0.393 e. The number of hydrogen-bond donors (Lipinski definition) is 2. The predicted octanol–water partition coefficient (Wildman–Crippen LogP) is 3.81. The number of piperidine rings is 1. The molecule has 1 heterocycles. The lowest BCUT2D eigenvalue weighted by Crippen LogP contribution is -2.35. The summed E-state index contributed by atoms with van der Waals surface area (Å²) in [6.07, 6.45) is 1.71. The molecule has 27 heavy (non-hydrogen) atoms. The topological polar surface area (TPSA) is 52.6 Å². The standard InChI is InChI=1S/C21H24Cl2N2O2/c22-19-2-1-3-20(23)18(19)12-21(27)24-13-15-4-6-16(7-5-15)14-25-10-8-17(26)9-11-25/h1-7,17,26H,8-14H2,(H,24,27). The van der Waals surface area contributed by atoms with Crippen molar-refractivity contribution in [1.82, 2.24) is 10.2 Å². The van der Waals surface area contributed by atoms with Crippen LogP contribution in [0.3, 0.4) is 0 Å². The first-order chi connectivity index (χ1) is 13.0. The van der Waals surface area contributed by atoms with Gasteiger partial charge in [0.25, 0.3) is 0 Å². The molecular weight excluding hydrogens is 383 g/mol. The SMILES string of the molecule is O=C(Cc1c(Cl)cccc1Cl)NCc1ccc(CN2CCC(O)CC2)cc1. The third kappa shape index (κ3) is 5.94. The van der Waals surface area contributed by atoms with E-state index in [-0.39, 0.29) is 18.4 Å². The van der Waals surface area contributed by atoms with Crippen molar-refractivity contribution in [2.75, 3.05) is 13.1 Å². The normalized spacial score (nSPS) is 15.7. The summed E-state index contributed by atoms with van der Waals surface area (Å²) in [5.74, 6) is -0.110. The molecule has 6 heteroatoms. The minimum absolute atomic E-state index is 0.110. The van der Waals surface area contributed by atoms with Gasteiger partial charge in [-0.25, -0.2) is 0 Å². The van der Waals surface area contributed by atoms with E-state index in [1.807, 2.05) is 12.1 Å². The molecule has 4 nitrogen and oxygen atoms in total. The van der Waals surface area contributed by atoms with Gasteiger partial charge in [-0.2, -0.15) is 0 Å². The summed E-state index contributed by atoms with van der Waals surface area (Å²) >= 11 is 12.2. The fourth-order valence-corrected chi connectivity index (χ4v) is 3.75. The molecule has 3 rings (SSSR count). The second-order valence-electron chi connectivity index (χ2n) is 6.98. The summed E-state index contributed by atoms with van der Waals surface area (Å²) in [7, 11) is 0. The van der Waals surface area contributed by atoms with Crippen molar-refractivity contribution in [3.05, 3.63) is 69.2 Å². The average Bonchev–Trinajstić information content (AvgIpc) is 2.66. The van der Waals surface area contributed by atoms with Crippen molar-refractivity contribution in [2.45, 2.75) is 38.5 Å². The number of carbonyl (C=O) groups is 1. The van der Waals surface area contributed by atoms with Gasteiger partial charge in [-0.15, -0.1) is 0 Å². The Balaban J connectivity index is 1.47. The first-order valence-electron chi connectivity index (χ1n) is 9.19. The van der Waals surface area contributed by atoms with E-state index >= 15 is 0 Å². The lowest BCUT2D eigenvalue weighted by Gasteiger charge is -2.29. The fourth-order valence-electron chi connectivity index (χ4n) is 3.22.